The van der Waals surface area contributed by atoms with Crippen LogP contribution in [0.1, 0.15) is 18.1 Å². The molecule has 1 aromatic carbocycles. The second-order valence-corrected chi connectivity index (χ2v) is 6.97. The van der Waals surface area contributed by atoms with E-state index in [1.807, 2.05) is 18.2 Å². The van der Waals surface area contributed by atoms with E-state index in [-0.39, 0.29) is 12.5 Å². The smallest absolute Gasteiger partial charge is 0.286 e. The summed E-state index contributed by atoms with van der Waals surface area (Å²) in [6, 6.07) is 8.29. The number of benzene rings is 1. The minimum Gasteiger partial charge on any atom is -0.395 e. The van der Waals surface area contributed by atoms with Crippen LogP contribution in [0.15, 0.2) is 34.2 Å². The van der Waals surface area contributed by atoms with Crippen molar-refractivity contribution in [1.29, 1.82) is 0 Å². The zero-order valence-electron chi connectivity index (χ0n) is 13.9. The maximum absolute atomic E-state index is 12.2. The fourth-order valence-corrected chi connectivity index (χ4v) is 3.80. The molecule has 5 nitrogen and oxygen atoms in total. The molecule has 0 spiro atoms. The third-order valence-corrected chi connectivity index (χ3v) is 5.40. The molecule has 0 aliphatic carbocycles. The van der Waals surface area contributed by atoms with E-state index >= 15 is 0 Å². The highest BCUT2D eigenvalue weighted by Crippen LogP contribution is 2.30. The van der Waals surface area contributed by atoms with Crippen LogP contribution >= 0.6 is 11.8 Å². The number of aliphatic hydroxyl groups excluding tert-OH is 1. The maximum Gasteiger partial charge on any atom is 0.286 e. The predicted octanol–water partition coefficient (Wildman–Crippen LogP) is 1.83. The number of aliphatic imine (C=N–C) groups is 1. The lowest BCUT2D eigenvalue weighted by Crippen LogP contribution is -2.48. The van der Waals surface area contributed by atoms with Crippen LogP contribution < -0.4 is 0 Å². The number of aliphatic hydroxyl groups is 1. The third kappa shape index (κ3) is 4.06. The molecule has 2 heterocycles. The molecule has 1 amide bonds. The summed E-state index contributed by atoms with van der Waals surface area (Å²) >= 11 is 1.46. The van der Waals surface area contributed by atoms with Gasteiger partial charge in [-0.3, -0.25) is 9.69 Å². The lowest BCUT2D eigenvalue weighted by atomic mass is 10.1. The van der Waals surface area contributed by atoms with Gasteiger partial charge in [0, 0.05) is 32.7 Å². The summed E-state index contributed by atoms with van der Waals surface area (Å²) in [5, 5.41) is 9.81. The molecule has 1 saturated heterocycles. The molecule has 128 valence electrons. The topological polar surface area (TPSA) is 56.1 Å². The standard InChI is InChI=1S/C18H23N3O2S/c1-2-14-3-5-15(6-4-14)13-16-17(23)19-18(24-16)21-9-7-20(8-10-21)11-12-22/h3-6,13,22H,2,7-12H2,1H3/b16-13-. The van der Waals surface area contributed by atoms with Crippen molar-refractivity contribution in [1.82, 2.24) is 9.80 Å². The van der Waals surface area contributed by atoms with Gasteiger partial charge in [0.25, 0.3) is 5.91 Å². The third-order valence-electron chi connectivity index (χ3n) is 4.35. The molecule has 24 heavy (non-hydrogen) atoms. The van der Waals surface area contributed by atoms with Crippen molar-refractivity contribution < 1.29 is 9.90 Å². The second-order valence-electron chi connectivity index (χ2n) is 5.96. The van der Waals surface area contributed by atoms with Crippen molar-refractivity contribution in [3.05, 3.63) is 40.3 Å². The fraction of sp³-hybridized carbons (Fsp3) is 0.444. The number of carbonyl (C=O) groups is 1. The van der Waals surface area contributed by atoms with Gasteiger partial charge in [-0.25, -0.2) is 0 Å². The highest BCUT2D eigenvalue weighted by Gasteiger charge is 2.28. The number of piperazine rings is 1. The molecule has 1 aromatic rings. The Hall–Kier alpha value is -1.63. The monoisotopic (exact) mass is 345 g/mol. The van der Waals surface area contributed by atoms with Crippen molar-refractivity contribution in [2.24, 2.45) is 4.99 Å². The number of hydrogen-bond acceptors (Lipinski definition) is 5. The second kappa shape index (κ2) is 7.96. The van der Waals surface area contributed by atoms with E-state index < -0.39 is 0 Å². The Kier molecular flexibility index (Phi) is 5.71. The quantitative estimate of drug-likeness (QED) is 0.844. The number of amides is 1. The van der Waals surface area contributed by atoms with E-state index in [1.165, 1.54) is 17.3 Å². The first-order valence-corrected chi connectivity index (χ1v) is 9.21. The van der Waals surface area contributed by atoms with E-state index in [0.717, 1.165) is 43.3 Å². The number of thioether (sulfide) groups is 1. The van der Waals surface area contributed by atoms with E-state index in [9.17, 15) is 4.79 Å². The number of carbonyl (C=O) groups excluding carboxylic acids is 1. The highest BCUT2D eigenvalue weighted by molar-refractivity contribution is 8.18. The van der Waals surface area contributed by atoms with Gasteiger partial charge in [0.2, 0.25) is 0 Å². The molecule has 0 saturated carbocycles. The van der Waals surface area contributed by atoms with Crippen molar-refractivity contribution >= 4 is 28.9 Å². The number of amidine groups is 1. The zero-order chi connectivity index (χ0) is 16.9. The summed E-state index contributed by atoms with van der Waals surface area (Å²) in [4.78, 5) is 21.5. The van der Waals surface area contributed by atoms with Gasteiger partial charge < -0.3 is 10.0 Å². The summed E-state index contributed by atoms with van der Waals surface area (Å²) < 4.78 is 0. The maximum atomic E-state index is 12.2. The Morgan fingerprint density at radius 1 is 1.21 bits per heavy atom. The normalized spacial score (nSPS) is 20.8. The molecule has 2 aliphatic rings. The van der Waals surface area contributed by atoms with Gasteiger partial charge >= 0.3 is 0 Å². The minimum absolute atomic E-state index is 0.146. The number of rotatable bonds is 4. The minimum atomic E-state index is -0.146. The van der Waals surface area contributed by atoms with E-state index in [1.54, 1.807) is 0 Å². The van der Waals surface area contributed by atoms with Crippen LogP contribution in [0, 0.1) is 0 Å². The Balaban J connectivity index is 1.62. The average Bonchev–Trinajstić information content (AvgIpc) is 2.97. The summed E-state index contributed by atoms with van der Waals surface area (Å²) in [5.74, 6) is -0.146. The van der Waals surface area contributed by atoms with E-state index in [0.29, 0.717) is 11.4 Å². The van der Waals surface area contributed by atoms with Gasteiger partial charge in [-0.05, 0) is 35.4 Å². The highest BCUT2D eigenvalue weighted by atomic mass is 32.2. The van der Waals surface area contributed by atoms with Crippen LogP contribution in [-0.4, -0.2) is 65.3 Å². The van der Waals surface area contributed by atoms with Gasteiger partial charge in [0.15, 0.2) is 5.17 Å². The predicted molar refractivity (Wildman–Crippen MR) is 98.9 cm³/mol. The first-order chi connectivity index (χ1) is 11.7. The Bertz CT molecular complexity index is 647. The lowest BCUT2D eigenvalue weighted by molar-refractivity contribution is -0.113. The first kappa shape index (κ1) is 17.2. The molecule has 0 radical (unpaired) electrons. The molecule has 2 aliphatic heterocycles. The van der Waals surface area contributed by atoms with Gasteiger partial charge in [0.1, 0.15) is 0 Å². The number of hydrogen-bond donors (Lipinski definition) is 1. The van der Waals surface area contributed by atoms with Gasteiger partial charge in [-0.1, -0.05) is 31.2 Å². The molecule has 1 fully saturated rings. The molecule has 3 rings (SSSR count). The van der Waals surface area contributed by atoms with Gasteiger partial charge in [0.05, 0.1) is 11.5 Å². The van der Waals surface area contributed by atoms with Crippen LogP contribution in [-0.2, 0) is 11.2 Å². The first-order valence-electron chi connectivity index (χ1n) is 8.39. The van der Waals surface area contributed by atoms with Crippen LogP contribution in [0.2, 0.25) is 0 Å². The lowest BCUT2D eigenvalue weighted by Gasteiger charge is -2.34. The van der Waals surface area contributed by atoms with Crippen molar-refractivity contribution in [3.8, 4) is 0 Å². The zero-order valence-corrected chi connectivity index (χ0v) is 14.8. The van der Waals surface area contributed by atoms with Crippen molar-refractivity contribution in [2.45, 2.75) is 13.3 Å². The summed E-state index contributed by atoms with van der Waals surface area (Å²) in [5.41, 5.74) is 2.33. The molecule has 6 heteroatoms. The molecule has 0 bridgehead atoms. The van der Waals surface area contributed by atoms with Gasteiger partial charge in [-0.2, -0.15) is 4.99 Å². The summed E-state index contributed by atoms with van der Waals surface area (Å²) in [6.07, 6.45) is 2.94. The SMILES string of the molecule is CCc1ccc(/C=C2\SC(N3CCN(CCO)CC3)=NC2=O)cc1. The van der Waals surface area contributed by atoms with Crippen molar-refractivity contribution in [3.63, 3.8) is 0 Å². The molecular weight excluding hydrogens is 322 g/mol. The van der Waals surface area contributed by atoms with E-state index in [4.69, 9.17) is 5.11 Å². The number of aryl methyl sites for hydroxylation is 1. The molecular formula is C18H23N3O2S. The van der Waals surface area contributed by atoms with Crippen LogP contribution in [0.25, 0.3) is 6.08 Å². The van der Waals surface area contributed by atoms with Crippen LogP contribution in [0.5, 0.6) is 0 Å². The number of nitrogens with zero attached hydrogens (tertiary/aromatic N) is 3. The van der Waals surface area contributed by atoms with Crippen molar-refractivity contribution in [2.75, 3.05) is 39.3 Å². The Morgan fingerprint density at radius 3 is 2.54 bits per heavy atom. The van der Waals surface area contributed by atoms with E-state index in [2.05, 4.69) is 33.8 Å². The number of β-amino-alcohol motifs (C(OH)–C–C–N with tert-alkyl or cyclic N) is 1. The summed E-state index contributed by atoms with van der Waals surface area (Å²) in [6.45, 7) is 6.51. The van der Waals surface area contributed by atoms with Crippen LogP contribution in [0.4, 0.5) is 0 Å². The largest absolute Gasteiger partial charge is 0.395 e. The Morgan fingerprint density at radius 2 is 1.92 bits per heavy atom. The molecule has 0 aromatic heterocycles. The van der Waals surface area contributed by atoms with Crippen LogP contribution in [0.3, 0.4) is 0 Å². The van der Waals surface area contributed by atoms with Gasteiger partial charge in [-0.15, -0.1) is 0 Å². The Labute approximate surface area is 147 Å². The fourth-order valence-electron chi connectivity index (χ4n) is 2.84. The molecule has 0 unspecified atom stereocenters. The molecule has 0 atom stereocenters. The molecule has 1 N–H and O–H groups in total. The average molecular weight is 345 g/mol. The summed E-state index contributed by atoms with van der Waals surface area (Å²) in [7, 11) is 0.